The normalized spacial score (nSPS) is 11.5. The van der Waals surface area contributed by atoms with Crippen LogP contribution >= 0.6 is 0 Å². The number of anilines is 2. The van der Waals surface area contributed by atoms with Gasteiger partial charge >= 0.3 is 6.18 Å². The maximum atomic E-state index is 12.9. The highest BCUT2D eigenvalue weighted by atomic mass is 19.4. The van der Waals surface area contributed by atoms with Crippen LogP contribution in [0.25, 0.3) is 0 Å². The average Bonchev–Trinajstić information content (AvgIpc) is 2.82. The number of pyridine rings is 1. The smallest absolute Gasteiger partial charge is 0.416 e. The number of nitrogens with one attached hydrogen (secondary N) is 1. The van der Waals surface area contributed by atoms with Crippen LogP contribution in [0.3, 0.4) is 0 Å². The van der Waals surface area contributed by atoms with Crippen LogP contribution in [0.4, 0.5) is 24.8 Å². The molecule has 0 spiro atoms. The molecule has 2 rings (SSSR count). The molecule has 0 saturated heterocycles. The maximum absolute atomic E-state index is 12.9. The SMILES string of the molecule is CNc1cc(C(F)(F)F)cc(N(C)Cc2ccc(C)o2)n1. The number of nitrogens with zero attached hydrogens (tertiary/aromatic N) is 2. The molecular weight excluding hydrogens is 283 g/mol. The lowest BCUT2D eigenvalue weighted by atomic mass is 10.2. The predicted octanol–water partition coefficient (Wildman–Crippen LogP) is 3.68. The minimum absolute atomic E-state index is 0.169. The van der Waals surface area contributed by atoms with Gasteiger partial charge in [-0.25, -0.2) is 4.98 Å². The van der Waals surface area contributed by atoms with Crippen LogP contribution in [0.2, 0.25) is 0 Å². The summed E-state index contributed by atoms with van der Waals surface area (Å²) in [6.45, 7) is 2.15. The summed E-state index contributed by atoms with van der Waals surface area (Å²) in [6.07, 6.45) is -4.41. The Morgan fingerprint density at radius 1 is 1.29 bits per heavy atom. The highest BCUT2D eigenvalue weighted by Crippen LogP contribution is 2.32. The zero-order chi connectivity index (χ0) is 15.6. The molecule has 1 N–H and O–H groups in total. The summed E-state index contributed by atoms with van der Waals surface area (Å²) in [5, 5.41) is 2.64. The molecule has 4 nitrogen and oxygen atoms in total. The van der Waals surface area contributed by atoms with E-state index in [4.69, 9.17) is 4.42 Å². The standard InChI is InChI=1S/C14H16F3N3O/c1-9-4-5-11(21-9)8-20(3)13-7-10(14(15,16)17)6-12(18-2)19-13/h4-7H,8H2,1-3H3,(H,18,19). The lowest BCUT2D eigenvalue weighted by Crippen LogP contribution is -2.19. The van der Waals surface area contributed by atoms with E-state index >= 15 is 0 Å². The van der Waals surface area contributed by atoms with Crippen LogP contribution < -0.4 is 10.2 Å². The van der Waals surface area contributed by atoms with E-state index in [1.54, 1.807) is 18.0 Å². The molecule has 7 heteroatoms. The number of furan rings is 1. The molecule has 0 bridgehead atoms. The van der Waals surface area contributed by atoms with Crippen LogP contribution in [0, 0.1) is 6.92 Å². The molecular formula is C14H16F3N3O. The zero-order valence-electron chi connectivity index (χ0n) is 12.0. The Balaban J connectivity index is 2.29. The topological polar surface area (TPSA) is 41.3 Å². The lowest BCUT2D eigenvalue weighted by Gasteiger charge is -2.19. The van der Waals surface area contributed by atoms with Crippen LogP contribution in [0.1, 0.15) is 17.1 Å². The summed E-state index contributed by atoms with van der Waals surface area (Å²) in [5.74, 6) is 1.82. The predicted molar refractivity (Wildman–Crippen MR) is 74.3 cm³/mol. The second-order valence-electron chi connectivity index (χ2n) is 4.72. The molecule has 0 aliphatic heterocycles. The fraction of sp³-hybridized carbons (Fsp3) is 0.357. The Morgan fingerprint density at radius 3 is 2.52 bits per heavy atom. The molecule has 0 aromatic carbocycles. The number of hydrogen-bond acceptors (Lipinski definition) is 4. The minimum Gasteiger partial charge on any atom is -0.464 e. The number of rotatable bonds is 4. The van der Waals surface area contributed by atoms with Crippen LogP contribution in [-0.4, -0.2) is 19.1 Å². The van der Waals surface area contributed by atoms with E-state index in [2.05, 4.69) is 10.3 Å². The summed E-state index contributed by atoms with van der Waals surface area (Å²) in [6, 6.07) is 5.60. The van der Waals surface area contributed by atoms with E-state index in [9.17, 15) is 13.2 Å². The van der Waals surface area contributed by atoms with Gasteiger partial charge in [-0.15, -0.1) is 0 Å². The molecule has 0 unspecified atom stereocenters. The number of aromatic nitrogens is 1. The summed E-state index contributed by atoms with van der Waals surface area (Å²) >= 11 is 0. The first-order valence-electron chi connectivity index (χ1n) is 6.33. The first-order chi connectivity index (χ1) is 9.79. The Morgan fingerprint density at radius 2 is 2.00 bits per heavy atom. The molecule has 0 saturated carbocycles. The van der Waals surface area contributed by atoms with E-state index in [-0.39, 0.29) is 11.6 Å². The van der Waals surface area contributed by atoms with E-state index in [0.29, 0.717) is 12.3 Å². The molecule has 2 aromatic rings. The van der Waals surface area contributed by atoms with E-state index in [1.807, 2.05) is 13.0 Å². The van der Waals surface area contributed by atoms with Gasteiger partial charge in [0.1, 0.15) is 23.2 Å². The van der Waals surface area contributed by atoms with E-state index in [0.717, 1.165) is 17.9 Å². The van der Waals surface area contributed by atoms with Crippen molar-refractivity contribution in [3.05, 3.63) is 41.3 Å². The molecule has 2 aromatic heterocycles. The quantitative estimate of drug-likeness (QED) is 0.935. The number of aryl methyl sites for hydroxylation is 1. The van der Waals surface area contributed by atoms with E-state index in [1.165, 1.54) is 7.05 Å². The van der Waals surface area contributed by atoms with Gasteiger partial charge in [-0.05, 0) is 31.2 Å². The molecule has 2 heterocycles. The van der Waals surface area contributed by atoms with Gasteiger partial charge in [0.05, 0.1) is 12.1 Å². The molecule has 0 aliphatic carbocycles. The fourth-order valence-electron chi connectivity index (χ4n) is 1.89. The third kappa shape index (κ3) is 3.68. The summed E-state index contributed by atoms with van der Waals surface area (Å²) < 4.78 is 44.1. The van der Waals surface area contributed by atoms with Crippen LogP contribution in [0.5, 0.6) is 0 Å². The van der Waals surface area contributed by atoms with Gasteiger partial charge in [0.2, 0.25) is 0 Å². The summed E-state index contributed by atoms with van der Waals surface area (Å²) in [7, 11) is 3.20. The Bertz CT molecular complexity index is 622. The minimum atomic E-state index is -4.41. The Hall–Kier alpha value is -2.18. The van der Waals surface area contributed by atoms with Crippen molar-refractivity contribution in [3.63, 3.8) is 0 Å². The molecule has 0 atom stereocenters. The molecule has 0 aliphatic rings. The highest BCUT2D eigenvalue weighted by molar-refractivity contribution is 5.50. The van der Waals surface area contributed by atoms with Gasteiger partial charge in [-0.1, -0.05) is 0 Å². The second-order valence-corrected chi connectivity index (χ2v) is 4.72. The number of alkyl halides is 3. The van der Waals surface area contributed by atoms with E-state index < -0.39 is 11.7 Å². The molecule has 0 fully saturated rings. The van der Waals surface area contributed by atoms with Crippen molar-refractivity contribution in [3.8, 4) is 0 Å². The van der Waals surface area contributed by atoms with Gasteiger partial charge in [0, 0.05) is 14.1 Å². The van der Waals surface area contributed by atoms with Crippen molar-refractivity contribution in [1.29, 1.82) is 0 Å². The van der Waals surface area contributed by atoms with Crippen molar-refractivity contribution in [1.82, 2.24) is 4.98 Å². The van der Waals surface area contributed by atoms with Gasteiger partial charge in [0.25, 0.3) is 0 Å². The van der Waals surface area contributed by atoms with Crippen LogP contribution in [0.15, 0.2) is 28.7 Å². The molecule has 21 heavy (non-hydrogen) atoms. The second kappa shape index (κ2) is 5.67. The van der Waals surface area contributed by atoms with Gasteiger partial charge in [0.15, 0.2) is 0 Å². The first-order valence-corrected chi connectivity index (χ1v) is 6.33. The highest BCUT2D eigenvalue weighted by Gasteiger charge is 2.32. The summed E-state index contributed by atoms with van der Waals surface area (Å²) in [5.41, 5.74) is -0.737. The lowest BCUT2D eigenvalue weighted by molar-refractivity contribution is -0.137. The number of hydrogen-bond donors (Lipinski definition) is 1. The van der Waals surface area contributed by atoms with Crippen LogP contribution in [-0.2, 0) is 12.7 Å². The fourth-order valence-corrected chi connectivity index (χ4v) is 1.89. The van der Waals surface area contributed by atoms with Crippen molar-refractivity contribution >= 4 is 11.6 Å². The summed E-state index contributed by atoms with van der Waals surface area (Å²) in [4.78, 5) is 5.75. The third-order valence-corrected chi connectivity index (χ3v) is 2.98. The van der Waals surface area contributed by atoms with Crippen molar-refractivity contribution in [2.24, 2.45) is 0 Å². The maximum Gasteiger partial charge on any atom is 0.416 e. The molecule has 0 radical (unpaired) electrons. The first kappa shape index (κ1) is 15.2. The average molecular weight is 299 g/mol. The Kier molecular flexibility index (Phi) is 4.11. The van der Waals surface area contributed by atoms with Gasteiger partial charge in [-0.2, -0.15) is 13.2 Å². The zero-order valence-corrected chi connectivity index (χ0v) is 12.0. The molecule has 0 amide bonds. The monoisotopic (exact) mass is 299 g/mol. The van der Waals surface area contributed by atoms with Crippen molar-refractivity contribution < 1.29 is 17.6 Å². The van der Waals surface area contributed by atoms with Gasteiger partial charge in [-0.3, -0.25) is 0 Å². The van der Waals surface area contributed by atoms with Gasteiger partial charge < -0.3 is 14.6 Å². The van der Waals surface area contributed by atoms with Crippen molar-refractivity contribution in [2.75, 3.05) is 24.3 Å². The Labute approximate surface area is 120 Å². The van der Waals surface area contributed by atoms with Crippen molar-refractivity contribution in [2.45, 2.75) is 19.6 Å². The largest absolute Gasteiger partial charge is 0.464 e. The molecule has 114 valence electrons. The third-order valence-electron chi connectivity index (χ3n) is 2.98. The number of halogens is 3.